The molecule has 0 unspecified atom stereocenters. The fourth-order valence-electron chi connectivity index (χ4n) is 2.71. The van der Waals surface area contributed by atoms with Gasteiger partial charge < -0.3 is 0 Å². The molecule has 0 N–H and O–H groups in total. The third-order valence-corrected chi connectivity index (χ3v) is 10.6. The van der Waals surface area contributed by atoms with Crippen molar-refractivity contribution in [2.75, 3.05) is 0 Å². The Balaban J connectivity index is 2.57. The predicted molar refractivity (Wildman–Crippen MR) is 54.7 cm³/mol. The summed E-state index contributed by atoms with van der Waals surface area (Å²) >= 11 is 0. The van der Waals surface area contributed by atoms with E-state index in [4.69, 9.17) is 0 Å². The Kier molecular flexibility index (Phi) is 2.79. The summed E-state index contributed by atoms with van der Waals surface area (Å²) in [5.74, 6) is 1.08. The molecule has 1 fully saturated rings. The second-order valence-corrected chi connectivity index (χ2v) is 9.83. The van der Waals surface area contributed by atoms with E-state index in [1.807, 2.05) is 0 Å². The Morgan fingerprint density at radius 1 is 1.09 bits per heavy atom. The molecule has 1 aliphatic rings. The minimum absolute atomic E-state index is 0.747. The van der Waals surface area contributed by atoms with Crippen LogP contribution in [-0.4, -0.2) is 8.07 Å². The highest BCUT2D eigenvalue weighted by atomic mass is 28.3. The van der Waals surface area contributed by atoms with Crippen molar-refractivity contribution in [1.29, 1.82) is 0 Å². The Morgan fingerprint density at radius 2 is 1.45 bits per heavy atom. The van der Waals surface area contributed by atoms with Crippen LogP contribution in [0.15, 0.2) is 0 Å². The van der Waals surface area contributed by atoms with Crippen molar-refractivity contribution in [2.45, 2.75) is 57.8 Å². The Hall–Kier alpha value is 0.217. The maximum atomic E-state index is 2.44. The summed E-state index contributed by atoms with van der Waals surface area (Å²) in [6.45, 7) is 9.70. The van der Waals surface area contributed by atoms with Crippen molar-refractivity contribution < 1.29 is 0 Å². The van der Waals surface area contributed by atoms with Crippen molar-refractivity contribution >= 4 is 8.07 Å². The van der Waals surface area contributed by atoms with Crippen LogP contribution < -0.4 is 0 Å². The molecule has 1 aliphatic carbocycles. The van der Waals surface area contributed by atoms with Gasteiger partial charge in [-0.15, -0.1) is 0 Å². The predicted octanol–water partition coefficient (Wildman–Crippen LogP) is 3.90. The lowest BCUT2D eigenvalue weighted by atomic mass is 10.5. The van der Waals surface area contributed by atoms with Gasteiger partial charge in [0.05, 0.1) is 8.07 Å². The first kappa shape index (κ1) is 9.31. The monoisotopic (exact) mass is 170 g/mol. The zero-order valence-corrected chi connectivity index (χ0v) is 9.48. The smallest absolute Gasteiger partial charge is 0.0561 e. The topological polar surface area (TPSA) is 0 Å². The van der Waals surface area contributed by atoms with Crippen molar-refractivity contribution in [3.8, 4) is 0 Å². The minimum atomic E-state index is -0.747. The van der Waals surface area contributed by atoms with E-state index < -0.39 is 8.07 Å². The van der Waals surface area contributed by atoms with Gasteiger partial charge in [0.25, 0.3) is 0 Å². The van der Waals surface area contributed by atoms with Crippen molar-refractivity contribution in [2.24, 2.45) is 5.92 Å². The van der Waals surface area contributed by atoms with Crippen LogP contribution in [0, 0.1) is 5.92 Å². The van der Waals surface area contributed by atoms with E-state index in [-0.39, 0.29) is 0 Å². The average Bonchev–Trinajstić information content (AvgIpc) is 2.73. The SMILES string of the molecule is CC[Si](CC)(CC)[C@H]1C[C@@H]1C. The molecule has 0 spiro atoms. The van der Waals surface area contributed by atoms with Crippen molar-refractivity contribution in [3.63, 3.8) is 0 Å². The van der Waals surface area contributed by atoms with Gasteiger partial charge in [0, 0.05) is 0 Å². The lowest BCUT2D eigenvalue weighted by molar-refractivity contribution is 0.946. The van der Waals surface area contributed by atoms with E-state index in [0.717, 1.165) is 5.92 Å². The fourth-order valence-corrected chi connectivity index (χ4v) is 7.86. The van der Waals surface area contributed by atoms with Crippen molar-refractivity contribution in [3.05, 3.63) is 0 Å². The van der Waals surface area contributed by atoms with Gasteiger partial charge in [-0.2, -0.15) is 0 Å². The summed E-state index contributed by atoms with van der Waals surface area (Å²) in [5.41, 5.74) is 1.20. The highest BCUT2D eigenvalue weighted by Gasteiger charge is 2.48. The standard InChI is InChI=1S/C10H22Si/c1-5-11(6-2,7-3)10-8-9(10)4/h9-10H,5-8H2,1-4H3/t9-,10-/m0/s1. The van der Waals surface area contributed by atoms with E-state index in [1.165, 1.54) is 23.7 Å². The normalized spacial score (nSPS) is 30.5. The molecule has 1 heteroatoms. The summed E-state index contributed by atoms with van der Waals surface area (Å²) in [6.07, 6.45) is 1.56. The number of rotatable bonds is 4. The second kappa shape index (κ2) is 3.30. The number of hydrogen-bond donors (Lipinski definition) is 0. The van der Waals surface area contributed by atoms with Gasteiger partial charge >= 0.3 is 0 Å². The second-order valence-electron chi connectivity index (χ2n) is 4.24. The quantitative estimate of drug-likeness (QED) is 0.561. The summed E-state index contributed by atoms with van der Waals surface area (Å²) in [5, 5.41) is 0. The van der Waals surface area contributed by atoms with Crippen LogP contribution in [0.3, 0.4) is 0 Å². The maximum absolute atomic E-state index is 2.44. The van der Waals surface area contributed by atoms with E-state index in [1.54, 1.807) is 6.42 Å². The van der Waals surface area contributed by atoms with Gasteiger partial charge in [0.15, 0.2) is 0 Å². The van der Waals surface area contributed by atoms with Gasteiger partial charge in [-0.1, -0.05) is 45.8 Å². The van der Waals surface area contributed by atoms with Crippen LogP contribution in [0.4, 0.5) is 0 Å². The molecule has 0 heterocycles. The van der Waals surface area contributed by atoms with E-state index in [2.05, 4.69) is 27.7 Å². The third-order valence-electron chi connectivity index (χ3n) is 4.01. The molecule has 2 atom stereocenters. The molecule has 1 rings (SSSR count). The summed E-state index contributed by atoms with van der Waals surface area (Å²) in [4.78, 5) is 0. The zero-order chi connectivity index (χ0) is 8.48. The molecule has 66 valence electrons. The molecular formula is C10H22Si. The summed E-state index contributed by atoms with van der Waals surface area (Å²) < 4.78 is 0. The van der Waals surface area contributed by atoms with Crippen LogP contribution >= 0.6 is 0 Å². The molecule has 0 nitrogen and oxygen atoms in total. The highest BCUT2D eigenvalue weighted by molar-refractivity contribution is 6.81. The molecule has 0 bridgehead atoms. The largest absolute Gasteiger partial charge is 0.0678 e. The number of hydrogen-bond acceptors (Lipinski definition) is 0. The molecule has 0 aliphatic heterocycles. The van der Waals surface area contributed by atoms with Gasteiger partial charge in [-0.05, 0) is 17.9 Å². The highest BCUT2D eigenvalue weighted by Crippen LogP contribution is 2.55. The van der Waals surface area contributed by atoms with E-state index in [9.17, 15) is 0 Å². The van der Waals surface area contributed by atoms with E-state index >= 15 is 0 Å². The van der Waals surface area contributed by atoms with Crippen LogP contribution in [0.2, 0.25) is 23.7 Å². The average molecular weight is 170 g/mol. The Morgan fingerprint density at radius 3 is 1.55 bits per heavy atom. The van der Waals surface area contributed by atoms with Gasteiger partial charge in [0.2, 0.25) is 0 Å². The summed E-state index contributed by atoms with van der Waals surface area (Å²) in [6, 6.07) is 4.57. The minimum Gasteiger partial charge on any atom is -0.0678 e. The molecule has 0 aromatic carbocycles. The molecule has 0 saturated heterocycles. The maximum Gasteiger partial charge on any atom is 0.0561 e. The Labute approximate surface area is 72.4 Å². The lowest BCUT2D eigenvalue weighted by Crippen LogP contribution is -2.32. The van der Waals surface area contributed by atoms with Crippen LogP contribution in [0.5, 0.6) is 0 Å². The van der Waals surface area contributed by atoms with Crippen LogP contribution in [-0.2, 0) is 0 Å². The molecule has 0 radical (unpaired) electrons. The van der Waals surface area contributed by atoms with Gasteiger partial charge in [-0.3, -0.25) is 0 Å². The van der Waals surface area contributed by atoms with Crippen LogP contribution in [0.1, 0.15) is 34.1 Å². The van der Waals surface area contributed by atoms with Gasteiger partial charge in [0.1, 0.15) is 0 Å². The lowest BCUT2D eigenvalue weighted by Gasteiger charge is -2.28. The zero-order valence-electron chi connectivity index (χ0n) is 8.48. The molecule has 0 amide bonds. The third kappa shape index (κ3) is 1.53. The first-order valence-corrected chi connectivity index (χ1v) is 7.90. The molecule has 0 aromatic rings. The molecule has 11 heavy (non-hydrogen) atoms. The first-order chi connectivity index (χ1) is 5.20. The fraction of sp³-hybridized carbons (Fsp3) is 1.00. The van der Waals surface area contributed by atoms with E-state index in [0.29, 0.717) is 0 Å². The molecule has 0 aromatic heterocycles. The van der Waals surface area contributed by atoms with Crippen molar-refractivity contribution in [1.82, 2.24) is 0 Å². The van der Waals surface area contributed by atoms with Crippen LogP contribution in [0.25, 0.3) is 0 Å². The summed E-state index contributed by atoms with van der Waals surface area (Å²) in [7, 11) is -0.747. The first-order valence-electron chi connectivity index (χ1n) is 5.20. The molecular weight excluding hydrogens is 148 g/mol. The molecule has 1 saturated carbocycles. The van der Waals surface area contributed by atoms with Gasteiger partial charge in [-0.25, -0.2) is 0 Å². The Bertz CT molecular complexity index is 119.